The van der Waals surface area contributed by atoms with Gasteiger partial charge in [-0.15, -0.1) is 0 Å². The molecule has 1 atom stereocenters. The highest BCUT2D eigenvalue weighted by Crippen LogP contribution is 2.25. The molecule has 1 aromatic carbocycles. The molecule has 4 rings (SSSR count). The van der Waals surface area contributed by atoms with Crippen molar-refractivity contribution in [3.8, 4) is 11.4 Å². The number of aromatic nitrogens is 3. The van der Waals surface area contributed by atoms with E-state index in [0.717, 1.165) is 37.2 Å². The number of benzene rings is 1. The molecule has 1 fully saturated rings. The summed E-state index contributed by atoms with van der Waals surface area (Å²) in [4.78, 5) is 23.2. The molecule has 0 spiro atoms. The summed E-state index contributed by atoms with van der Waals surface area (Å²) >= 11 is 0. The molecule has 1 aliphatic heterocycles. The minimum atomic E-state index is -0.0120. The van der Waals surface area contributed by atoms with E-state index >= 15 is 0 Å². The Morgan fingerprint density at radius 2 is 1.97 bits per heavy atom. The molecule has 0 radical (unpaired) electrons. The summed E-state index contributed by atoms with van der Waals surface area (Å²) in [6.45, 7) is 9.49. The molecule has 0 saturated carbocycles. The van der Waals surface area contributed by atoms with Crippen LogP contribution in [0.1, 0.15) is 49.9 Å². The normalized spacial score (nSPS) is 15.2. The molecule has 9 heteroatoms. The number of hydrogen-bond donors (Lipinski definition) is 3. The van der Waals surface area contributed by atoms with Gasteiger partial charge in [-0.05, 0) is 49.1 Å². The van der Waals surface area contributed by atoms with E-state index in [4.69, 9.17) is 10.3 Å². The molecular formula is C23H33N7O2. The molecule has 1 amide bonds. The first-order valence-corrected chi connectivity index (χ1v) is 10.7. The fourth-order valence-electron chi connectivity index (χ4n) is 3.52. The van der Waals surface area contributed by atoms with Crippen LogP contribution in [0.4, 0.5) is 17.2 Å². The third-order valence-electron chi connectivity index (χ3n) is 5.04. The number of nitrogens with one attached hydrogen (secondary N) is 1. The number of carbonyl (C=O) groups is 1. The molecule has 2 aromatic heterocycles. The number of nitrogen functional groups attached to an aromatic ring is 1. The Morgan fingerprint density at radius 1 is 1.25 bits per heavy atom. The highest BCUT2D eigenvalue weighted by molar-refractivity contribution is 5.95. The van der Waals surface area contributed by atoms with Crippen LogP contribution < -0.4 is 17.2 Å². The van der Waals surface area contributed by atoms with Crippen LogP contribution in [0.25, 0.3) is 11.4 Å². The Kier molecular flexibility index (Phi) is 8.71. The summed E-state index contributed by atoms with van der Waals surface area (Å²) in [5.74, 6) is 2.09. The molecule has 0 bridgehead atoms. The largest absolute Gasteiger partial charge is 0.396 e. The fraction of sp³-hybridized carbons (Fsp3) is 0.391. The number of pyridine rings is 1. The number of piperidine rings is 1. The van der Waals surface area contributed by atoms with E-state index in [2.05, 4.69) is 27.4 Å². The van der Waals surface area contributed by atoms with Crippen molar-refractivity contribution in [1.29, 1.82) is 0 Å². The zero-order chi connectivity index (χ0) is 22.4. The van der Waals surface area contributed by atoms with Crippen molar-refractivity contribution in [2.45, 2.75) is 40.5 Å². The lowest BCUT2D eigenvalue weighted by Gasteiger charge is -2.31. The average molecular weight is 440 g/mol. The number of rotatable bonds is 4. The third kappa shape index (κ3) is 5.82. The standard InChI is InChI=1S/C21H24N6O2.C2H6.H3N/c1-13-4-3-9-27(12-13)21(28)16-10-18(22)20(23-11-16)25-17-7-5-15(6-8-17)19-24-14(2)29-26-19;1-2;/h5-8,10-11,13H,3-4,9,12,22H2,1-2H3,(H,23,25);1-2H3;1H3/t13-;;/m0../s1. The Balaban J connectivity index is 0.00000118. The lowest BCUT2D eigenvalue weighted by Crippen LogP contribution is -2.39. The fourth-order valence-corrected chi connectivity index (χ4v) is 3.52. The topological polar surface area (TPSA) is 145 Å². The molecular weight excluding hydrogens is 406 g/mol. The lowest BCUT2D eigenvalue weighted by atomic mass is 10.00. The van der Waals surface area contributed by atoms with E-state index in [1.807, 2.05) is 43.0 Å². The molecule has 3 aromatic rings. The number of carbonyl (C=O) groups excluding carboxylic acids is 1. The van der Waals surface area contributed by atoms with Gasteiger partial charge in [0, 0.05) is 37.5 Å². The van der Waals surface area contributed by atoms with Crippen LogP contribution in [0.15, 0.2) is 41.1 Å². The highest BCUT2D eigenvalue weighted by Gasteiger charge is 2.22. The SMILES string of the molecule is CC.Cc1nc(-c2ccc(Nc3ncc(C(=O)N4CCC[C@H](C)C4)cc3N)cc2)no1.N. The molecule has 3 heterocycles. The van der Waals surface area contributed by atoms with Gasteiger partial charge < -0.3 is 26.6 Å². The number of amides is 1. The predicted octanol–water partition coefficient (Wildman–Crippen LogP) is 4.83. The zero-order valence-electron chi connectivity index (χ0n) is 19.3. The first-order valence-electron chi connectivity index (χ1n) is 10.7. The average Bonchev–Trinajstić information content (AvgIpc) is 3.23. The highest BCUT2D eigenvalue weighted by atomic mass is 16.5. The maximum atomic E-state index is 12.7. The van der Waals surface area contributed by atoms with E-state index < -0.39 is 0 Å². The van der Waals surface area contributed by atoms with E-state index in [9.17, 15) is 4.79 Å². The summed E-state index contributed by atoms with van der Waals surface area (Å²) in [5, 5.41) is 7.09. The summed E-state index contributed by atoms with van der Waals surface area (Å²) in [7, 11) is 0. The maximum absolute atomic E-state index is 12.7. The second-order valence-corrected chi connectivity index (χ2v) is 7.50. The molecule has 1 aliphatic rings. The number of hydrogen-bond acceptors (Lipinski definition) is 8. The zero-order valence-corrected chi connectivity index (χ0v) is 19.3. The first-order chi connectivity index (χ1) is 15.0. The second kappa shape index (κ2) is 11.2. The van der Waals surface area contributed by atoms with Crippen molar-refractivity contribution >= 4 is 23.1 Å². The molecule has 6 N–H and O–H groups in total. The van der Waals surface area contributed by atoms with Crippen molar-refractivity contribution in [2.75, 3.05) is 24.1 Å². The summed E-state index contributed by atoms with van der Waals surface area (Å²) < 4.78 is 5.01. The third-order valence-corrected chi connectivity index (χ3v) is 5.04. The van der Waals surface area contributed by atoms with Gasteiger partial charge in [0.15, 0.2) is 5.82 Å². The quantitative estimate of drug-likeness (QED) is 0.524. The predicted molar refractivity (Wildman–Crippen MR) is 127 cm³/mol. The molecule has 0 unspecified atom stereocenters. The Morgan fingerprint density at radius 3 is 2.56 bits per heavy atom. The van der Waals surface area contributed by atoms with Gasteiger partial charge in [-0.3, -0.25) is 4.79 Å². The van der Waals surface area contributed by atoms with Crippen molar-refractivity contribution in [1.82, 2.24) is 26.2 Å². The van der Waals surface area contributed by atoms with Gasteiger partial charge in [-0.25, -0.2) is 4.98 Å². The van der Waals surface area contributed by atoms with E-state index in [1.165, 1.54) is 0 Å². The Hall–Kier alpha value is -3.46. The van der Waals surface area contributed by atoms with Crippen molar-refractivity contribution in [3.05, 3.63) is 48.0 Å². The van der Waals surface area contributed by atoms with Gasteiger partial charge in [0.25, 0.3) is 5.91 Å². The van der Waals surface area contributed by atoms with Crippen LogP contribution >= 0.6 is 0 Å². The minimum Gasteiger partial charge on any atom is -0.396 e. The lowest BCUT2D eigenvalue weighted by molar-refractivity contribution is 0.0682. The van der Waals surface area contributed by atoms with Crippen LogP contribution in [0, 0.1) is 12.8 Å². The molecule has 32 heavy (non-hydrogen) atoms. The number of aryl methyl sites for hydroxylation is 1. The number of nitrogens with zero attached hydrogens (tertiary/aromatic N) is 4. The van der Waals surface area contributed by atoms with Crippen molar-refractivity contribution < 1.29 is 9.32 Å². The van der Waals surface area contributed by atoms with Gasteiger partial charge in [0.2, 0.25) is 11.7 Å². The van der Waals surface area contributed by atoms with Gasteiger partial charge >= 0.3 is 0 Å². The van der Waals surface area contributed by atoms with Crippen molar-refractivity contribution in [3.63, 3.8) is 0 Å². The Bertz CT molecular complexity index is 1020. The van der Waals surface area contributed by atoms with Crippen molar-refractivity contribution in [2.24, 2.45) is 5.92 Å². The maximum Gasteiger partial charge on any atom is 0.255 e. The summed E-state index contributed by atoms with van der Waals surface area (Å²) in [6.07, 6.45) is 3.78. The number of nitrogens with two attached hydrogens (primary N) is 1. The number of likely N-dealkylation sites (tertiary alicyclic amines) is 1. The van der Waals surface area contributed by atoms with Gasteiger partial charge in [-0.1, -0.05) is 25.9 Å². The second-order valence-electron chi connectivity index (χ2n) is 7.50. The van der Waals surface area contributed by atoms with E-state index in [1.54, 1.807) is 19.2 Å². The van der Waals surface area contributed by atoms with Gasteiger partial charge in [0.1, 0.15) is 0 Å². The van der Waals surface area contributed by atoms with Crippen LogP contribution in [0.5, 0.6) is 0 Å². The van der Waals surface area contributed by atoms with E-state index in [0.29, 0.717) is 34.7 Å². The van der Waals surface area contributed by atoms with E-state index in [-0.39, 0.29) is 12.1 Å². The van der Waals surface area contributed by atoms with Crippen LogP contribution in [-0.4, -0.2) is 39.0 Å². The van der Waals surface area contributed by atoms with Gasteiger partial charge in [0.05, 0.1) is 11.3 Å². The summed E-state index contributed by atoms with van der Waals surface area (Å²) in [5.41, 5.74) is 8.78. The van der Waals surface area contributed by atoms with Gasteiger partial charge in [-0.2, -0.15) is 4.98 Å². The molecule has 172 valence electrons. The first kappa shape index (κ1) is 24.8. The van der Waals surface area contributed by atoms with Crippen LogP contribution in [-0.2, 0) is 0 Å². The summed E-state index contributed by atoms with van der Waals surface area (Å²) in [6, 6.07) is 9.23. The molecule has 9 nitrogen and oxygen atoms in total. The molecule has 1 saturated heterocycles. The van der Waals surface area contributed by atoms with Crippen LogP contribution in [0.2, 0.25) is 0 Å². The molecule has 0 aliphatic carbocycles. The minimum absolute atomic E-state index is 0. The van der Waals surface area contributed by atoms with Crippen LogP contribution in [0.3, 0.4) is 0 Å². The number of anilines is 3. The Labute approximate surface area is 189 Å². The monoisotopic (exact) mass is 439 g/mol. The smallest absolute Gasteiger partial charge is 0.255 e.